The summed E-state index contributed by atoms with van der Waals surface area (Å²) in [4.78, 5) is 28.7. The Labute approximate surface area is 69.7 Å². The minimum absolute atomic E-state index is 0.115. The van der Waals surface area contributed by atoms with Crippen molar-refractivity contribution in [2.45, 2.75) is 13.3 Å². The van der Waals surface area contributed by atoms with Gasteiger partial charge in [-0.1, -0.05) is 0 Å². The van der Waals surface area contributed by atoms with Gasteiger partial charge in [-0.25, -0.2) is 9.97 Å². The fraction of sp³-hybridized carbons (Fsp3) is 0.250. The summed E-state index contributed by atoms with van der Waals surface area (Å²) in [5, 5.41) is 0. The van der Waals surface area contributed by atoms with Crippen molar-refractivity contribution in [3.8, 4) is 0 Å². The molecule has 12 heavy (non-hydrogen) atoms. The van der Waals surface area contributed by atoms with E-state index in [9.17, 15) is 9.59 Å². The molecule has 4 nitrogen and oxygen atoms in total. The first-order valence-electron chi connectivity index (χ1n) is 3.49. The number of aromatic nitrogens is 2. The van der Waals surface area contributed by atoms with Crippen molar-refractivity contribution in [3.05, 3.63) is 23.8 Å². The van der Waals surface area contributed by atoms with Gasteiger partial charge in [0.1, 0.15) is 18.3 Å². The number of Topliss-reactive ketones (excluding diaryl/α,β-unsaturated/α-hetero) is 1. The van der Waals surface area contributed by atoms with E-state index >= 15 is 0 Å². The highest BCUT2D eigenvalue weighted by atomic mass is 16.1. The number of nitrogens with zero attached hydrogens (tertiary/aromatic N) is 2. The first-order valence-corrected chi connectivity index (χ1v) is 3.49. The lowest BCUT2D eigenvalue weighted by molar-refractivity contribution is -0.107. The Hall–Kier alpha value is -1.58. The Morgan fingerprint density at radius 2 is 2.33 bits per heavy atom. The fourth-order valence-electron chi connectivity index (χ4n) is 0.787. The Kier molecular flexibility index (Phi) is 2.63. The molecular formula is C8H8N2O2. The second-order valence-electron chi connectivity index (χ2n) is 2.34. The first-order chi connectivity index (χ1) is 5.74. The van der Waals surface area contributed by atoms with Crippen LogP contribution in [-0.2, 0) is 4.79 Å². The van der Waals surface area contributed by atoms with E-state index in [-0.39, 0.29) is 12.2 Å². The number of ketones is 1. The first kappa shape index (κ1) is 8.52. The Balaban J connectivity index is 2.87. The zero-order valence-electron chi connectivity index (χ0n) is 6.65. The van der Waals surface area contributed by atoms with Gasteiger partial charge in [0.25, 0.3) is 0 Å². The summed E-state index contributed by atoms with van der Waals surface area (Å²) >= 11 is 0. The summed E-state index contributed by atoms with van der Waals surface area (Å²) in [7, 11) is 0. The normalized spacial score (nSPS) is 9.42. The van der Waals surface area contributed by atoms with Crippen LogP contribution in [0.3, 0.4) is 0 Å². The van der Waals surface area contributed by atoms with Crippen LogP contribution in [0.5, 0.6) is 0 Å². The van der Waals surface area contributed by atoms with Gasteiger partial charge in [-0.2, -0.15) is 0 Å². The monoisotopic (exact) mass is 164 g/mol. The minimum Gasteiger partial charge on any atom is -0.303 e. The zero-order valence-corrected chi connectivity index (χ0v) is 6.65. The second kappa shape index (κ2) is 3.71. The number of carbonyl (C=O) groups is 2. The fourth-order valence-corrected chi connectivity index (χ4v) is 0.787. The van der Waals surface area contributed by atoms with Crippen molar-refractivity contribution in [3.63, 3.8) is 0 Å². The average Bonchev–Trinajstić information content (AvgIpc) is 2.05. The summed E-state index contributed by atoms with van der Waals surface area (Å²) in [6, 6.07) is 1.56. The van der Waals surface area contributed by atoms with E-state index < -0.39 is 0 Å². The predicted molar refractivity (Wildman–Crippen MR) is 41.8 cm³/mol. The maximum absolute atomic E-state index is 11.1. The van der Waals surface area contributed by atoms with Crippen LogP contribution in [-0.4, -0.2) is 22.0 Å². The van der Waals surface area contributed by atoms with Crippen LogP contribution >= 0.6 is 0 Å². The van der Waals surface area contributed by atoms with Crippen molar-refractivity contribution >= 4 is 12.1 Å². The zero-order chi connectivity index (χ0) is 8.97. The minimum atomic E-state index is -0.268. The highest BCUT2D eigenvalue weighted by Gasteiger charge is 2.05. The molecule has 0 radical (unpaired) electrons. The molecule has 0 fully saturated rings. The highest BCUT2D eigenvalue weighted by Crippen LogP contribution is 1.99. The number of hydrogen-bond acceptors (Lipinski definition) is 4. The Bertz CT molecular complexity index is 310. The summed E-state index contributed by atoms with van der Waals surface area (Å²) in [5.41, 5.74) is 1.02. The molecule has 1 aromatic heterocycles. The van der Waals surface area contributed by atoms with Gasteiger partial charge in [0.15, 0.2) is 5.78 Å². The Morgan fingerprint density at radius 1 is 1.58 bits per heavy atom. The van der Waals surface area contributed by atoms with E-state index in [1.54, 1.807) is 13.0 Å². The second-order valence-corrected chi connectivity index (χ2v) is 2.34. The summed E-state index contributed by atoms with van der Waals surface area (Å²) in [5.74, 6) is -0.268. The lowest BCUT2D eigenvalue weighted by atomic mass is 10.2. The van der Waals surface area contributed by atoms with Gasteiger partial charge >= 0.3 is 0 Å². The number of aryl methyl sites for hydroxylation is 1. The van der Waals surface area contributed by atoms with Crippen molar-refractivity contribution in [2.24, 2.45) is 0 Å². The van der Waals surface area contributed by atoms with E-state index in [1.807, 2.05) is 0 Å². The van der Waals surface area contributed by atoms with E-state index in [1.165, 1.54) is 6.33 Å². The number of carbonyl (C=O) groups excluding carboxylic acids is 2. The van der Waals surface area contributed by atoms with E-state index in [0.717, 1.165) is 5.69 Å². The maximum Gasteiger partial charge on any atom is 0.188 e. The van der Waals surface area contributed by atoms with Crippen LogP contribution in [0.25, 0.3) is 0 Å². The van der Waals surface area contributed by atoms with Crippen molar-refractivity contribution < 1.29 is 9.59 Å². The highest BCUT2D eigenvalue weighted by molar-refractivity contribution is 6.01. The van der Waals surface area contributed by atoms with Crippen LogP contribution in [0.1, 0.15) is 22.6 Å². The largest absolute Gasteiger partial charge is 0.303 e. The van der Waals surface area contributed by atoms with Crippen molar-refractivity contribution in [1.82, 2.24) is 9.97 Å². The quantitative estimate of drug-likeness (QED) is 0.372. The van der Waals surface area contributed by atoms with Crippen LogP contribution < -0.4 is 0 Å². The van der Waals surface area contributed by atoms with Gasteiger partial charge in [0.05, 0.1) is 6.42 Å². The molecule has 0 saturated heterocycles. The van der Waals surface area contributed by atoms with Crippen LogP contribution in [0.4, 0.5) is 0 Å². The molecule has 0 amide bonds. The molecule has 1 heterocycles. The molecule has 62 valence electrons. The van der Waals surface area contributed by atoms with Crippen LogP contribution in [0.15, 0.2) is 12.4 Å². The molecule has 0 aliphatic rings. The SMILES string of the molecule is Cc1cc(C(=O)CC=O)ncn1. The molecule has 0 aromatic carbocycles. The standard InChI is InChI=1S/C8H8N2O2/c1-6-4-7(10-5-9-6)8(12)2-3-11/h3-5H,2H2,1H3. The number of aldehydes is 1. The summed E-state index contributed by atoms with van der Waals surface area (Å²) in [6.45, 7) is 1.76. The Morgan fingerprint density at radius 3 is 2.92 bits per heavy atom. The van der Waals surface area contributed by atoms with Gasteiger partial charge < -0.3 is 4.79 Å². The molecule has 0 bridgehead atoms. The third kappa shape index (κ3) is 1.95. The average molecular weight is 164 g/mol. The van der Waals surface area contributed by atoms with E-state index in [2.05, 4.69) is 9.97 Å². The molecule has 0 aliphatic heterocycles. The molecule has 0 saturated carbocycles. The van der Waals surface area contributed by atoms with Gasteiger partial charge in [-0.15, -0.1) is 0 Å². The van der Waals surface area contributed by atoms with E-state index in [4.69, 9.17) is 0 Å². The number of hydrogen-bond donors (Lipinski definition) is 0. The number of rotatable bonds is 3. The molecule has 0 aliphatic carbocycles. The summed E-state index contributed by atoms with van der Waals surface area (Å²) in [6.07, 6.45) is 1.77. The third-order valence-corrected chi connectivity index (χ3v) is 1.36. The van der Waals surface area contributed by atoms with Crippen molar-refractivity contribution in [1.29, 1.82) is 0 Å². The molecular weight excluding hydrogens is 156 g/mol. The maximum atomic E-state index is 11.1. The molecule has 1 rings (SSSR count). The topological polar surface area (TPSA) is 59.9 Å². The van der Waals surface area contributed by atoms with Crippen LogP contribution in [0.2, 0.25) is 0 Å². The summed E-state index contributed by atoms with van der Waals surface area (Å²) < 4.78 is 0. The predicted octanol–water partition coefficient (Wildman–Crippen LogP) is 0.557. The smallest absolute Gasteiger partial charge is 0.188 e. The molecule has 1 aromatic rings. The van der Waals surface area contributed by atoms with Gasteiger partial charge in [-0.3, -0.25) is 4.79 Å². The van der Waals surface area contributed by atoms with E-state index in [0.29, 0.717) is 12.0 Å². The molecule has 0 atom stereocenters. The van der Waals surface area contributed by atoms with Gasteiger partial charge in [-0.05, 0) is 13.0 Å². The van der Waals surface area contributed by atoms with Gasteiger partial charge in [0.2, 0.25) is 0 Å². The molecule has 0 N–H and O–H groups in total. The molecule has 0 spiro atoms. The lowest BCUT2D eigenvalue weighted by Gasteiger charge is -1.95. The van der Waals surface area contributed by atoms with Crippen molar-refractivity contribution in [2.75, 3.05) is 0 Å². The molecule has 4 heteroatoms. The molecule has 0 unspecified atom stereocenters. The van der Waals surface area contributed by atoms with Gasteiger partial charge in [0, 0.05) is 5.69 Å². The third-order valence-electron chi connectivity index (χ3n) is 1.36. The van der Waals surface area contributed by atoms with Crippen LogP contribution in [0, 0.1) is 6.92 Å². The lowest BCUT2D eigenvalue weighted by Crippen LogP contribution is -2.03.